The second kappa shape index (κ2) is 6.67. The minimum Gasteiger partial charge on any atom is -0.374 e. The molecular formula is C13H23N3O. The van der Waals surface area contributed by atoms with E-state index in [1.54, 1.807) is 18.6 Å². The fourth-order valence-electron chi connectivity index (χ4n) is 1.91. The molecule has 0 aliphatic rings. The van der Waals surface area contributed by atoms with Crippen LogP contribution >= 0.6 is 0 Å². The van der Waals surface area contributed by atoms with Gasteiger partial charge < -0.3 is 10.1 Å². The maximum absolute atomic E-state index is 5.81. The molecule has 1 N–H and O–H groups in total. The van der Waals surface area contributed by atoms with Crippen LogP contribution in [0.1, 0.15) is 45.9 Å². The Morgan fingerprint density at radius 3 is 2.65 bits per heavy atom. The van der Waals surface area contributed by atoms with Crippen molar-refractivity contribution in [2.75, 3.05) is 13.2 Å². The van der Waals surface area contributed by atoms with Crippen LogP contribution in [0, 0.1) is 0 Å². The molecule has 0 spiro atoms. The Labute approximate surface area is 104 Å². The second-order valence-corrected chi connectivity index (χ2v) is 4.55. The minimum absolute atomic E-state index is 0.0658. The molecule has 1 aromatic rings. The molecule has 1 atom stereocenters. The number of hydrogen-bond acceptors (Lipinski definition) is 4. The highest BCUT2D eigenvalue weighted by molar-refractivity contribution is 5.08. The first kappa shape index (κ1) is 14.1. The highest BCUT2D eigenvalue weighted by Crippen LogP contribution is 2.27. The van der Waals surface area contributed by atoms with Gasteiger partial charge in [0.2, 0.25) is 0 Å². The molecule has 96 valence electrons. The smallest absolute Gasteiger partial charge is 0.0836 e. The van der Waals surface area contributed by atoms with Gasteiger partial charge in [0.05, 0.1) is 23.5 Å². The molecule has 0 saturated heterocycles. The standard InChI is InChI=1S/C13H23N3O/c1-5-7-16-12(13(3,4)17-6-2)11-10-14-8-9-15-11/h8-10,12,16H,5-7H2,1-4H3. The fourth-order valence-corrected chi connectivity index (χ4v) is 1.91. The lowest BCUT2D eigenvalue weighted by molar-refractivity contribution is -0.0402. The molecule has 0 radical (unpaired) electrons. The summed E-state index contributed by atoms with van der Waals surface area (Å²) in [6.45, 7) is 9.95. The molecule has 0 aliphatic heterocycles. The van der Waals surface area contributed by atoms with Gasteiger partial charge in [-0.05, 0) is 33.7 Å². The summed E-state index contributed by atoms with van der Waals surface area (Å²) in [6.07, 6.45) is 6.29. The van der Waals surface area contributed by atoms with Crippen molar-refractivity contribution in [3.8, 4) is 0 Å². The maximum Gasteiger partial charge on any atom is 0.0836 e. The lowest BCUT2D eigenvalue weighted by Gasteiger charge is -2.34. The van der Waals surface area contributed by atoms with Crippen LogP contribution < -0.4 is 5.32 Å². The average molecular weight is 237 g/mol. The van der Waals surface area contributed by atoms with Crippen molar-refractivity contribution in [1.82, 2.24) is 15.3 Å². The van der Waals surface area contributed by atoms with Crippen LogP contribution in [0.5, 0.6) is 0 Å². The van der Waals surface area contributed by atoms with Crippen LogP contribution in [0.15, 0.2) is 18.6 Å². The fraction of sp³-hybridized carbons (Fsp3) is 0.692. The Hall–Kier alpha value is -1.00. The Morgan fingerprint density at radius 2 is 2.12 bits per heavy atom. The first-order valence-corrected chi connectivity index (χ1v) is 6.25. The monoisotopic (exact) mass is 237 g/mol. The van der Waals surface area contributed by atoms with Gasteiger partial charge in [-0.25, -0.2) is 0 Å². The summed E-state index contributed by atoms with van der Waals surface area (Å²) in [4.78, 5) is 8.50. The van der Waals surface area contributed by atoms with Crippen LogP contribution in [-0.4, -0.2) is 28.7 Å². The van der Waals surface area contributed by atoms with Gasteiger partial charge in [0.1, 0.15) is 0 Å². The zero-order valence-corrected chi connectivity index (χ0v) is 11.2. The molecule has 0 bridgehead atoms. The highest BCUT2D eigenvalue weighted by atomic mass is 16.5. The number of ether oxygens (including phenoxy) is 1. The minimum atomic E-state index is -0.292. The van der Waals surface area contributed by atoms with E-state index in [1.807, 2.05) is 6.92 Å². The lowest BCUT2D eigenvalue weighted by Crippen LogP contribution is -2.42. The number of aromatic nitrogens is 2. The summed E-state index contributed by atoms with van der Waals surface area (Å²) in [7, 11) is 0. The summed E-state index contributed by atoms with van der Waals surface area (Å²) in [6, 6.07) is 0.0658. The van der Waals surface area contributed by atoms with Gasteiger partial charge in [-0.15, -0.1) is 0 Å². The third kappa shape index (κ3) is 4.06. The van der Waals surface area contributed by atoms with Crippen molar-refractivity contribution in [3.05, 3.63) is 24.3 Å². The molecule has 4 nitrogen and oxygen atoms in total. The predicted octanol–water partition coefficient (Wildman–Crippen LogP) is 2.33. The van der Waals surface area contributed by atoms with Crippen molar-refractivity contribution in [3.63, 3.8) is 0 Å². The van der Waals surface area contributed by atoms with E-state index < -0.39 is 0 Å². The largest absolute Gasteiger partial charge is 0.374 e. The van der Waals surface area contributed by atoms with Gasteiger partial charge in [-0.2, -0.15) is 0 Å². The second-order valence-electron chi connectivity index (χ2n) is 4.55. The van der Waals surface area contributed by atoms with Gasteiger partial charge in [0, 0.05) is 19.0 Å². The maximum atomic E-state index is 5.81. The van der Waals surface area contributed by atoms with E-state index in [9.17, 15) is 0 Å². The van der Waals surface area contributed by atoms with Crippen molar-refractivity contribution in [1.29, 1.82) is 0 Å². The van der Waals surface area contributed by atoms with E-state index in [2.05, 4.69) is 36.1 Å². The molecule has 1 rings (SSSR count). The topological polar surface area (TPSA) is 47.0 Å². The number of hydrogen-bond donors (Lipinski definition) is 1. The molecule has 0 aromatic carbocycles. The normalized spacial score (nSPS) is 13.6. The van der Waals surface area contributed by atoms with Crippen molar-refractivity contribution >= 4 is 0 Å². The number of nitrogens with one attached hydrogen (secondary N) is 1. The molecule has 1 aromatic heterocycles. The molecule has 4 heteroatoms. The molecule has 0 fully saturated rings. The Kier molecular flexibility index (Phi) is 5.51. The van der Waals surface area contributed by atoms with E-state index in [0.29, 0.717) is 6.61 Å². The van der Waals surface area contributed by atoms with Gasteiger partial charge in [0.25, 0.3) is 0 Å². The van der Waals surface area contributed by atoms with Gasteiger partial charge in [0.15, 0.2) is 0 Å². The summed E-state index contributed by atoms with van der Waals surface area (Å²) in [5.41, 5.74) is 0.638. The number of rotatable bonds is 7. The van der Waals surface area contributed by atoms with Crippen LogP contribution in [0.2, 0.25) is 0 Å². The van der Waals surface area contributed by atoms with Gasteiger partial charge in [-0.3, -0.25) is 9.97 Å². The summed E-state index contributed by atoms with van der Waals surface area (Å²) in [5, 5.41) is 3.48. The van der Waals surface area contributed by atoms with Crippen LogP contribution in [0.3, 0.4) is 0 Å². The zero-order chi connectivity index (χ0) is 12.7. The average Bonchev–Trinajstić information content (AvgIpc) is 2.30. The van der Waals surface area contributed by atoms with Crippen LogP contribution in [-0.2, 0) is 4.74 Å². The van der Waals surface area contributed by atoms with E-state index in [4.69, 9.17) is 4.74 Å². The first-order chi connectivity index (χ1) is 8.11. The number of nitrogens with zero attached hydrogens (tertiary/aromatic N) is 2. The van der Waals surface area contributed by atoms with Crippen molar-refractivity contribution in [2.45, 2.75) is 45.8 Å². The lowest BCUT2D eigenvalue weighted by atomic mass is 9.95. The molecule has 1 heterocycles. The molecular weight excluding hydrogens is 214 g/mol. The summed E-state index contributed by atoms with van der Waals surface area (Å²) < 4.78 is 5.81. The van der Waals surface area contributed by atoms with Crippen LogP contribution in [0.4, 0.5) is 0 Å². The molecule has 0 aliphatic carbocycles. The van der Waals surface area contributed by atoms with E-state index in [0.717, 1.165) is 18.7 Å². The van der Waals surface area contributed by atoms with Crippen molar-refractivity contribution in [2.24, 2.45) is 0 Å². The zero-order valence-electron chi connectivity index (χ0n) is 11.2. The molecule has 1 unspecified atom stereocenters. The predicted molar refractivity (Wildman–Crippen MR) is 68.8 cm³/mol. The summed E-state index contributed by atoms with van der Waals surface area (Å²) >= 11 is 0. The SMILES string of the molecule is CCCNC(c1cnccn1)C(C)(C)OCC. The quantitative estimate of drug-likeness (QED) is 0.790. The van der Waals surface area contributed by atoms with Crippen LogP contribution in [0.25, 0.3) is 0 Å². The third-order valence-electron chi connectivity index (χ3n) is 2.69. The Bertz CT molecular complexity index is 314. The van der Waals surface area contributed by atoms with E-state index in [-0.39, 0.29) is 11.6 Å². The van der Waals surface area contributed by atoms with Gasteiger partial charge >= 0.3 is 0 Å². The van der Waals surface area contributed by atoms with E-state index >= 15 is 0 Å². The Morgan fingerprint density at radius 1 is 1.35 bits per heavy atom. The highest BCUT2D eigenvalue weighted by Gasteiger charge is 2.32. The van der Waals surface area contributed by atoms with Crippen molar-refractivity contribution < 1.29 is 4.74 Å². The summed E-state index contributed by atoms with van der Waals surface area (Å²) in [5.74, 6) is 0. The molecule has 0 amide bonds. The van der Waals surface area contributed by atoms with E-state index in [1.165, 1.54) is 0 Å². The third-order valence-corrected chi connectivity index (χ3v) is 2.69. The van der Waals surface area contributed by atoms with Gasteiger partial charge in [-0.1, -0.05) is 6.92 Å². The molecule has 0 saturated carbocycles. The molecule has 17 heavy (non-hydrogen) atoms. The Balaban J connectivity index is 2.87. The first-order valence-electron chi connectivity index (χ1n) is 6.25.